The van der Waals surface area contributed by atoms with Crippen LogP contribution >= 0.6 is 11.3 Å². The summed E-state index contributed by atoms with van der Waals surface area (Å²) in [5.41, 5.74) is 2.18. The molecule has 2 heterocycles. The largest absolute Gasteiger partial charge is 0.496 e. The molecule has 0 saturated heterocycles. The van der Waals surface area contributed by atoms with Crippen molar-refractivity contribution in [2.75, 3.05) is 24.9 Å². The number of rotatable bonds is 7. The minimum atomic E-state index is -0.520. The number of carbonyl (C=O) groups is 2. The zero-order valence-corrected chi connectivity index (χ0v) is 20.4. The molecule has 0 aliphatic rings. The first kappa shape index (κ1) is 24.1. The highest BCUT2D eigenvalue weighted by atomic mass is 32.1. The van der Waals surface area contributed by atoms with Gasteiger partial charge in [-0.25, -0.2) is 14.4 Å². The Hall–Kier alpha value is -4.05. The first-order valence-electron chi connectivity index (χ1n) is 10.7. The average Bonchev–Trinajstić information content (AvgIpc) is 3.24. The molecule has 4 aromatic rings. The molecule has 2 N–H and O–H groups in total. The van der Waals surface area contributed by atoms with Crippen LogP contribution in [0.2, 0.25) is 0 Å². The van der Waals surface area contributed by atoms with E-state index in [-0.39, 0.29) is 22.9 Å². The van der Waals surface area contributed by atoms with Crippen LogP contribution in [0.3, 0.4) is 0 Å². The molecule has 2 aromatic heterocycles. The normalized spacial score (nSPS) is 10.8. The second-order valence-corrected chi connectivity index (χ2v) is 8.77. The highest BCUT2D eigenvalue weighted by Gasteiger charge is 2.22. The van der Waals surface area contributed by atoms with Gasteiger partial charge in [-0.15, -0.1) is 11.3 Å². The van der Waals surface area contributed by atoms with E-state index >= 15 is 0 Å². The molecule has 2 amide bonds. The number of halogens is 1. The van der Waals surface area contributed by atoms with Gasteiger partial charge >= 0.3 is 0 Å². The van der Waals surface area contributed by atoms with Crippen LogP contribution in [0, 0.1) is 12.7 Å². The lowest BCUT2D eigenvalue weighted by Gasteiger charge is -2.14. The third-order valence-electron chi connectivity index (χ3n) is 5.34. The lowest BCUT2D eigenvalue weighted by Crippen LogP contribution is -2.19. The fourth-order valence-corrected chi connectivity index (χ4v) is 4.57. The van der Waals surface area contributed by atoms with Crippen LogP contribution < -0.4 is 20.1 Å². The van der Waals surface area contributed by atoms with Gasteiger partial charge in [-0.3, -0.25) is 9.59 Å². The molecule has 35 heavy (non-hydrogen) atoms. The number of hydrogen-bond acceptors (Lipinski definition) is 7. The molecule has 2 aromatic carbocycles. The van der Waals surface area contributed by atoms with E-state index in [0.717, 1.165) is 5.01 Å². The topological polar surface area (TPSA) is 102 Å². The second-order valence-electron chi connectivity index (χ2n) is 7.56. The number of anilines is 2. The van der Waals surface area contributed by atoms with E-state index in [1.54, 1.807) is 18.2 Å². The predicted molar refractivity (Wildman–Crippen MR) is 133 cm³/mol. The van der Waals surface area contributed by atoms with Crippen LogP contribution in [-0.2, 0) is 6.42 Å². The van der Waals surface area contributed by atoms with Crippen molar-refractivity contribution in [3.05, 3.63) is 70.1 Å². The molecular formula is C25H23FN4O4S. The standard InChI is InChI=1S/C25H23FN4O4S/c1-5-14-10-15(6-7-17(14)26)29-24(31)16-11-21(34-4)27-12-19(16)30-25(32)22-20(33-3)9-8-18-23(22)35-13(2)28-18/h6-12H,5H2,1-4H3,(H,29,31)(H,30,32). The summed E-state index contributed by atoms with van der Waals surface area (Å²) in [5, 5.41) is 6.33. The summed E-state index contributed by atoms with van der Waals surface area (Å²) in [6, 6.07) is 9.23. The van der Waals surface area contributed by atoms with Crippen LogP contribution in [0.25, 0.3) is 10.2 Å². The van der Waals surface area contributed by atoms with Crippen molar-refractivity contribution in [1.29, 1.82) is 0 Å². The predicted octanol–water partition coefficient (Wildman–Crippen LogP) is 5.22. The van der Waals surface area contributed by atoms with Crippen molar-refractivity contribution >= 4 is 44.7 Å². The summed E-state index contributed by atoms with van der Waals surface area (Å²) in [6.45, 7) is 3.68. The molecule has 0 aliphatic carbocycles. The lowest BCUT2D eigenvalue weighted by atomic mass is 10.1. The molecule has 0 atom stereocenters. The number of benzene rings is 2. The van der Waals surface area contributed by atoms with Gasteiger partial charge in [0.1, 0.15) is 17.1 Å². The van der Waals surface area contributed by atoms with Crippen molar-refractivity contribution in [2.24, 2.45) is 0 Å². The van der Waals surface area contributed by atoms with Crippen molar-refractivity contribution in [3.8, 4) is 11.6 Å². The number of pyridine rings is 1. The number of hydrogen-bond donors (Lipinski definition) is 2. The maximum atomic E-state index is 13.9. The number of amides is 2. The number of aromatic nitrogens is 2. The molecule has 4 rings (SSSR count). The van der Waals surface area contributed by atoms with Crippen molar-refractivity contribution in [3.63, 3.8) is 0 Å². The quantitative estimate of drug-likeness (QED) is 0.365. The van der Waals surface area contributed by atoms with Gasteiger partial charge in [0.25, 0.3) is 11.8 Å². The smallest absolute Gasteiger partial charge is 0.261 e. The van der Waals surface area contributed by atoms with Crippen LogP contribution in [0.15, 0.2) is 42.6 Å². The Morgan fingerprint density at radius 1 is 1.06 bits per heavy atom. The van der Waals surface area contributed by atoms with Gasteiger partial charge in [-0.2, -0.15) is 0 Å². The van der Waals surface area contributed by atoms with E-state index in [9.17, 15) is 14.0 Å². The molecule has 0 fully saturated rings. The van der Waals surface area contributed by atoms with Crippen LogP contribution in [0.5, 0.6) is 11.6 Å². The van der Waals surface area contributed by atoms with E-state index in [4.69, 9.17) is 9.47 Å². The third kappa shape index (κ3) is 4.92. The molecule has 180 valence electrons. The van der Waals surface area contributed by atoms with Gasteiger partial charge in [0.15, 0.2) is 0 Å². The van der Waals surface area contributed by atoms with Crippen molar-refractivity contribution in [2.45, 2.75) is 20.3 Å². The maximum absolute atomic E-state index is 13.9. The Labute approximate surface area is 205 Å². The summed E-state index contributed by atoms with van der Waals surface area (Å²) in [7, 11) is 2.90. The number of carbonyl (C=O) groups excluding carboxylic acids is 2. The molecule has 10 heteroatoms. The van der Waals surface area contributed by atoms with E-state index in [1.807, 2.05) is 13.8 Å². The van der Waals surface area contributed by atoms with Crippen LogP contribution in [0.1, 0.15) is 38.2 Å². The fourth-order valence-electron chi connectivity index (χ4n) is 3.61. The first-order valence-corrected chi connectivity index (χ1v) is 11.6. The Morgan fingerprint density at radius 3 is 2.57 bits per heavy atom. The van der Waals surface area contributed by atoms with E-state index < -0.39 is 11.8 Å². The van der Waals surface area contributed by atoms with Gasteiger partial charge in [0, 0.05) is 11.8 Å². The fraction of sp³-hybridized carbons (Fsp3) is 0.200. The SMILES string of the molecule is CCc1cc(NC(=O)c2cc(OC)ncc2NC(=O)c2c(OC)ccc3nc(C)sc23)ccc1F. The van der Waals surface area contributed by atoms with Crippen LogP contribution in [-0.4, -0.2) is 36.0 Å². The van der Waals surface area contributed by atoms with Gasteiger partial charge in [0.05, 0.1) is 46.9 Å². The minimum absolute atomic E-state index is 0.124. The van der Waals surface area contributed by atoms with Gasteiger partial charge < -0.3 is 20.1 Å². The Kier molecular flexibility index (Phi) is 6.92. The van der Waals surface area contributed by atoms with E-state index in [0.29, 0.717) is 39.2 Å². The molecule has 0 radical (unpaired) electrons. The number of methoxy groups -OCH3 is 2. The van der Waals surface area contributed by atoms with E-state index in [1.165, 1.54) is 50.0 Å². The second kappa shape index (κ2) is 10.1. The summed E-state index contributed by atoms with van der Waals surface area (Å²) in [4.78, 5) is 35.1. The first-order chi connectivity index (χ1) is 16.8. The highest BCUT2D eigenvalue weighted by Crippen LogP contribution is 2.33. The number of fused-ring (bicyclic) bond motifs is 1. The molecule has 0 unspecified atom stereocenters. The lowest BCUT2D eigenvalue weighted by molar-refractivity contribution is 0.102. The maximum Gasteiger partial charge on any atom is 0.261 e. The highest BCUT2D eigenvalue weighted by molar-refractivity contribution is 7.19. The Bertz CT molecular complexity index is 1440. The number of nitrogens with zero attached hydrogens (tertiary/aromatic N) is 2. The zero-order valence-electron chi connectivity index (χ0n) is 19.6. The van der Waals surface area contributed by atoms with Gasteiger partial charge in [-0.1, -0.05) is 6.92 Å². The number of nitrogens with one attached hydrogen (secondary N) is 2. The molecular weight excluding hydrogens is 471 g/mol. The number of thiazole rings is 1. The third-order valence-corrected chi connectivity index (χ3v) is 6.34. The zero-order chi connectivity index (χ0) is 25.1. The molecule has 8 nitrogen and oxygen atoms in total. The monoisotopic (exact) mass is 494 g/mol. The Morgan fingerprint density at radius 2 is 1.86 bits per heavy atom. The summed E-state index contributed by atoms with van der Waals surface area (Å²) in [6.07, 6.45) is 1.82. The minimum Gasteiger partial charge on any atom is -0.496 e. The number of ether oxygens (including phenoxy) is 2. The molecule has 0 aliphatic heterocycles. The summed E-state index contributed by atoms with van der Waals surface area (Å²) >= 11 is 1.37. The summed E-state index contributed by atoms with van der Waals surface area (Å²) in [5.74, 6) is -0.769. The van der Waals surface area contributed by atoms with Crippen LogP contribution in [0.4, 0.5) is 15.8 Å². The van der Waals surface area contributed by atoms with Gasteiger partial charge in [-0.05, 0) is 49.2 Å². The summed E-state index contributed by atoms with van der Waals surface area (Å²) < 4.78 is 25.1. The van der Waals surface area contributed by atoms with Crippen molar-refractivity contribution < 1.29 is 23.5 Å². The Balaban J connectivity index is 1.69. The van der Waals surface area contributed by atoms with Crippen molar-refractivity contribution in [1.82, 2.24) is 9.97 Å². The molecule has 0 saturated carbocycles. The molecule has 0 bridgehead atoms. The van der Waals surface area contributed by atoms with E-state index in [2.05, 4.69) is 20.6 Å². The number of aryl methyl sites for hydroxylation is 2. The van der Waals surface area contributed by atoms with Gasteiger partial charge in [0.2, 0.25) is 5.88 Å². The average molecular weight is 495 g/mol. The molecule has 0 spiro atoms.